The van der Waals surface area contributed by atoms with Crippen LogP contribution in [0.15, 0.2) is 29.4 Å². The van der Waals surface area contributed by atoms with Gasteiger partial charge in [-0.1, -0.05) is 36.0 Å². The number of hydrogen-bond acceptors (Lipinski definition) is 5. The molecule has 1 heterocycles. The lowest BCUT2D eigenvalue weighted by atomic mass is 9.88. The number of benzene rings is 1. The van der Waals surface area contributed by atoms with Gasteiger partial charge in [0.1, 0.15) is 0 Å². The van der Waals surface area contributed by atoms with E-state index in [9.17, 15) is 4.79 Å². The molecule has 0 aliphatic heterocycles. The van der Waals surface area contributed by atoms with Gasteiger partial charge in [-0.15, -0.1) is 10.2 Å². The van der Waals surface area contributed by atoms with Gasteiger partial charge in [0.25, 0.3) is 0 Å². The minimum absolute atomic E-state index is 0.0164. The lowest BCUT2D eigenvalue weighted by Crippen LogP contribution is -2.36. The van der Waals surface area contributed by atoms with E-state index in [1.165, 1.54) is 22.9 Å². The van der Waals surface area contributed by atoms with Gasteiger partial charge in [0.2, 0.25) is 11.1 Å². The fourth-order valence-electron chi connectivity index (χ4n) is 3.39. The molecular weight excluding hydrogens is 334 g/mol. The summed E-state index contributed by atoms with van der Waals surface area (Å²) in [6.07, 6.45) is 5.42. The number of nitrogens with two attached hydrogens (primary N) is 1. The summed E-state index contributed by atoms with van der Waals surface area (Å²) in [7, 11) is 0. The predicted molar refractivity (Wildman–Crippen MR) is 97.7 cm³/mol. The Kier molecular flexibility index (Phi) is 4.41. The van der Waals surface area contributed by atoms with Crippen LogP contribution in [0.25, 0.3) is 0 Å². The SMILES string of the molecule is CC(Sc1nnc(C2CC2)n1N)C(=O)NC1CCCc2ccccc21. The van der Waals surface area contributed by atoms with Gasteiger partial charge in [-0.3, -0.25) is 4.79 Å². The van der Waals surface area contributed by atoms with E-state index in [-0.39, 0.29) is 17.2 Å². The van der Waals surface area contributed by atoms with Crippen molar-refractivity contribution in [1.29, 1.82) is 0 Å². The summed E-state index contributed by atoms with van der Waals surface area (Å²) in [5.74, 6) is 7.37. The van der Waals surface area contributed by atoms with E-state index in [4.69, 9.17) is 5.84 Å². The summed E-state index contributed by atoms with van der Waals surface area (Å²) in [5, 5.41) is 11.9. The molecule has 2 aliphatic rings. The molecule has 2 unspecified atom stereocenters. The van der Waals surface area contributed by atoms with Gasteiger partial charge in [-0.05, 0) is 50.2 Å². The normalized spacial score (nSPS) is 20.8. The molecule has 2 aliphatic carbocycles. The number of rotatable bonds is 5. The molecule has 2 aromatic rings. The first-order valence-electron chi connectivity index (χ1n) is 8.88. The van der Waals surface area contributed by atoms with Crippen LogP contribution in [0.3, 0.4) is 0 Å². The van der Waals surface area contributed by atoms with E-state index < -0.39 is 0 Å². The van der Waals surface area contributed by atoms with E-state index >= 15 is 0 Å². The number of fused-ring (bicyclic) bond motifs is 1. The molecule has 132 valence electrons. The van der Waals surface area contributed by atoms with Crippen LogP contribution in [0.4, 0.5) is 0 Å². The summed E-state index contributed by atoms with van der Waals surface area (Å²) in [4.78, 5) is 12.7. The van der Waals surface area contributed by atoms with Crippen LogP contribution in [0, 0.1) is 0 Å². The minimum atomic E-state index is -0.271. The third-order valence-corrected chi connectivity index (χ3v) is 6.03. The highest BCUT2D eigenvalue weighted by atomic mass is 32.2. The fraction of sp³-hybridized carbons (Fsp3) is 0.500. The highest BCUT2D eigenvalue weighted by Gasteiger charge is 2.31. The van der Waals surface area contributed by atoms with E-state index in [1.807, 2.05) is 13.0 Å². The monoisotopic (exact) mass is 357 g/mol. The van der Waals surface area contributed by atoms with E-state index in [2.05, 4.69) is 33.7 Å². The van der Waals surface area contributed by atoms with Gasteiger partial charge in [-0.25, -0.2) is 4.68 Å². The third kappa shape index (κ3) is 3.38. The van der Waals surface area contributed by atoms with Crippen molar-refractivity contribution in [1.82, 2.24) is 20.2 Å². The van der Waals surface area contributed by atoms with Crippen LogP contribution in [0.5, 0.6) is 0 Å². The van der Waals surface area contributed by atoms with Crippen molar-refractivity contribution in [3.63, 3.8) is 0 Å². The Hall–Kier alpha value is -2.02. The number of nitrogen functional groups attached to an aromatic ring is 1. The minimum Gasteiger partial charge on any atom is -0.348 e. The van der Waals surface area contributed by atoms with Gasteiger partial charge < -0.3 is 11.2 Å². The standard InChI is InChI=1S/C18H23N5OS/c1-11(25-18-22-21-16(23(18)19)13-9-10-13)17(24)20-15-8-4-6-12-5-2-3-7-14(12)15/h2-3,5,7,11,13,15H,4,6,8-10,19H2,1H3,(H,20,24). The molecule has 7 heteroatoms. The first kappa shape index (κ1) is 16.4. The average Bonchev–Trinajstić information content (AvgIpc) is 3.40. The zero-order valence-corrected chi connectivity index (χ0v) is 15.1. The number of amides is 1. The number of carbonyl (C=O) groups excluding carboxylic acids is 1. The fourth-order valence-corrected chi connectivity index (χ4v) is 4.18. The van der Waals surface area contributed by atoms with Crippen LogP contribution < -0.4 is 11.2 Å². The lowest BCUT2D eigenvalue weighted by Gasteiger charge is -2.27. The highest BCUT2D eigenvalue weighted by Crippen LogP contribution is 2.39. The quantitative estimate of drug-likeness (QED) is 0.634. The number of aromatic nitrogens is 3. The van der Waals surface area contributed by atoms with Crippen LogP contribution in [0.1, 0.15) is 61.5 Å². The van der Waals surface area contributed by atoms with Gasteiger partial charge in [-0.2, -0.15) is 0 Å². The van der Waals surface area contributed by atoms with Crippen molar-refractivity contribution >= 4 is 17.7 Å². The van der Waals surface area contributed by atoms with Gasteiger partial charge in [0.15, 0.2) is 5.82 Å². The molecule has 25 heavy (non-hydrogen) atoms. The summed E-state index contributed by atoms with van der Waals surface area (Å²) in [6, 6.07) is 8.47. The zero-order chi connectivity index (χ0) is 17.4. The number of hydrogen-bond donors (Lipinski definition) is 2. The maximum Gasteiger partial charge on any atom is 0.233 e. The Bertz CT molecular complexity index is 786. The van der Waals surface area contributed by atoms with Crippen LogP contribution >= 0.6 is 11.8 Å². The van der Waals surface area contributed by atoms with Gasteiger partial charge in [0, 0.05) is 5.92 Å². The smallest absolute Gasteiger partial charge is 0.233 e. The number of nitrogens with one attached hydrogen (secondary N) is 1. The molecule has 1 aromatic heterocycles. The summed E-state index contributed by atoms with van der Waals surface area (Å²) in [5.41, 5.74) is 2.59. The molecular formula is C18H23N5OS. The average molecular weight is 357 g/mol. The number of nitrogens with zero attached hydrogens (tertiary/aromatic N) is 3. The lowest BCUT2D eigenvalue weighted by molar-refractivity contribution is -0.121. The summed E-state index contributed by atoms with van der Waals surface area (Å²) < 4.78 is 1.54. The molecule has 0 saturated heterocycles. The van der Waals surface area contributed by atoms with Gasteiger partial charge >= 0.3 is 0 Å². The molecule has 1 aromatic carbocycles. The second-order valence-electron chi connectivity index (χ2n) is 6.90. The summed E-state index contributed by atoms with van der Waals surface area (Å²) >= 11 is 1.37. The number of carbonyl (C=O) groups is 1. The Morgan fingerprint density at radius 1 is 1.32 bits per heavy atom. The molecule has 1 saturated carbocycles. The van der Waals surface area contributed by atoms with Crippen LogP contribution in [0.2, 0.25) is 0 Å². The van der Waals surface area contributed by atoms with Crippen molar-refractivity contribution in [2.45, 2.75) is 61.4 Å². The highest BCUT2D eigenvalue weighted by molar-refractivity contribution is 8.00. The van der Waals surface area contributed by atoms with Crippen molar-refractivity contribution in [3.05, 3.63) is 41.2 Å². The predicted octanol–water partition coefficient (Wildman–Crippen LogP) is 2.54. The first-order valence-corrected chi connectivity index (χ1v) is 9.76. The van der Waals surface area contributed by atoms with E-state index in [0.29, 0.717) is 11.1 Å². The summed E-state index contributed by atoms with van der Waals surface area (Å²) in [6.45, 7) is 1.89. The van der Waals surface area contributed by atoms with Crippen molar-refractivity contribution < 1.29 is 4.79 Å². The maximum absolute atomic E-state index is 12.7. The third-order valence-electron chi connectivity index (χ3n) is 4.97. The van der Waals surface area contributed by atoms with Gasteiger partial charge in [0.05, 0.1) is 11.3 Å². The van der Waals surface area contributed by atoms with Crippen LogP contribution in [-0.4, -0.2) is 26.0 Å². The molecule has 1 amide bonds. The van der Waals surface area contributed by atoms with Crippen molar-refractivity contribution in [3.8, 4) is 0 Å². The second kappa shape index (κ2) is 6.71. The molecule has 0 radical (unpaired) electrons. The van der Waals surface area contributed by atoms with Crippen molar-refractivity contribution in [2.75, 3.05) is 5.84 Å². The first-order chi connectivity index (χ1) is 12.1. The Morgan fingerprint density at radius 3 is 2.92 bits per heavy atom. The van der Waals surface area contributed by atoms with E-state index in [1.54, 1.807) is 4.68 Å². The second-order valence-corrected chi connectivity index (χ2v) is 8.21. The van der Waals surface area contributed by atoms with E-state index in [0.717, 1.165) is 37.9 Å². The Labute approximate surface area is 151 Å². The molecule has 6 nitrogen and oxygen atoms in total. The topological polar surface area (TPSA) is 85.8 Å². The molecule has 3 N–H and O–H groups in total. The maximum atomic E-state index is 12.7. The molecule has 0 bridgehead atoms. The number of thioether (sulfide) groups is 1. The largest absolute Gasteiger partial charge is 0.348 e. The zero-order valence-electron chi connectivity index (χ0n) is 14.3. The number of aryl methyl sites for hydroxylation is 1. The molecule has 4 rings (SSSR count). The van der Waals surface area contributed by atoms with Crippen LogP contribution in [-0.2, 0) is 11.2 Å². The molecule has 0 spiro atoms. The molecule has 2 atom stereocenters. The Morgan fingerprint density at radius 2 is 2.12 bits per heavy atom. The van der Waals surface area contributed by atoms with Crippen molar-refractivity contribution in [2.24, 2.45) is 0 Å². The Balaban J connectivity index is 1.41. The molecule has 1 fully saturated rings.